The number of aryl methyl sites for hydroxylation is 1. The fourth-order valence-electron chi connectivity index (χ4n) is 3.56. The second-order valence-corrected chi connectivity index (χ2v) is 7.42. The third kappa shape index (κ3) is 4.59. The Bertz CT molecular complexity index is 989. The average molecular weight is 390 g/mol. The maximum Gasteiger partial charge on any atom is 0.229 e. The van der Waals surface area contributed by atoms with Crippen LogP contribution < -0.4 is 10.2 Å². The molecule has 4 rings (SSSR count). The van der Waals surface area contributed by atoms with Crippen LogP contribution in [0.1, 0.15) is 18.4 Å². The molecule has 0 unspecified atom stereocenters. The molecule has 5 nitrogen and oxygen atoms in total. The van der Waals surface area contributed by atoms with Crippen molar-refractivity contribution < 1.29 is 9.18 Å². The van der Waals surface area contributed by atoms with Crippen LogP contribution in [0.5, 0.6) is 0 Å². The Kier molecular flexibility index (Phi) is 5.51. The van der Waals surface area contributed by atoms with E-state index in [4.69, 9.17) is 0 Å². The van der Waals surface area contributed by atoms with E-state index in [-0.39, 0.29) is 17.6 Å². The summed E-state index contributed by atoms with van der Waals surface area (Å²) in [6.07, 6.45) is 5.15. The van der Waals surface area contributed by atoms with Crippen molar-refractivity contribution in [2.75, 3.05) is 23.3 Å². The highest BCUT2D eigenvalue weighted by atomic mass is 19.1. The zero-order valence-electron chi connectivity index (χ0n) is 16.3. The van der Waals surface area contributed by atoms with Crippen LogP contribution in [0.25, 0.3) is 11.1 Å². The smallest absolute Gasteiger partial charge is 0.229 e. The Hall–Kier alpha value is -3.28. The van der Waals surface area contributed by atoms with Gasteiger partial charge in [-0.05, 0) is 49.6 Å². The second kappa shape index (κ2) is 8.39. The van der Waals surface area contributed by atoms with Crippen molar-refractivity contribution in [2.24, 2.45) is 5.92 Å². The van der Waals surface area contributed by atoms with Crippen LogP contribution in [-0.4, -0.2) is 29.0 Å². The van der Waals surface area contributed by atoms with Gasteiger partial charge >= 0.3 is 0 Å². The monoisotopic (exact) mass is 390 g/mol. The van der Waals surface area contributed by atoms with Crippen molar-refractivity contribution in [1.82, 2.24) is 9.97 Å². The van der Waals surface area contributed by atoms with Gasteiger partial charge in [0.25, 0.3) is 0 Å². The van der Waals surface area contributed by atoms with E-state index in [0.29, 0.717) is 12.5 Å². The number of halogens is 1. The lowest BCUT2D eigenvalue weighted by molar-refractivity contribution is -0.120. The molecule has 1 saturated heterocycles. The van der Waals surface area contributed by atoms with E-state index < -0.39 is 0 Å². The summed E-state index contributed by atoms with van der Waals surface area (Å²) < 4.78 is 13.4. The SMILES string of the molecule is Cc1ccc(NC(=O)[C@@H]2CCCN(c3ncc(-c4cccc(F)c4)cn3)C2)cc1. The Morgan fingerprint density at radius 1 is 1.10 bits per heavy atom. The van der Waals surface area contributed by atoms with Gasteiger partial charge in [0.15, 0.2) is 0 Å². The molecule has 148 valence electrons. The number of piperidine rings is 1. The first-order valence-electron chi connectivity index (χ1n) is 9.79. The number of aromatic nitrogens is 2. The molecule has 6 heteroatoms. The molecule has 1 N–H and O–H groups in total. The molecule has 3 aromatic rings. The summed E-state index contributed by atoms with van der Waals surface area (Å²) >= 11 is 0. The number of carbonyl (C=O) groups is 1. The molecule has 1 aromatic heterocycles. The van der Waals surface area contributed by atoms with E-state index in [2.05, 4.69) is 15.3 Å². The molecule has 1 fully saturated rings. The summed E-state index contributed by atoms with van der Waals surface area (Å²) in [5.41, 5.74) is 3.48. The number of nitrogens with one attached hydrogen (secondary N) is 1. The van der Waals surface area contributed by atoms with Crippen molar-refractivity contribution in [3.05, 3.63) is 72.3 Å². The lowest BCUT2D eigenvalue weighted by Gasteiger charge is -2.32. The van der Waals surface area contributed by atoms with Gasteiger partial charge in [-0.3, -0.25) is 4.79 Å². The Morgan fingerprint density at radius 2 is 1.86 bits per heavy atom. The first-order valence-corrected chi connectivity index (χ1v) is 9.79. The molecule has 0 radical (unpaired) electrons. The summed E-state index contributed by atoms with van der Waals surface area (Å²) in [6.45, 7) is 3.41. The highest BCUT2D eigenvalue weighted by molar-refractivity contribution is 5.93. The summed E-state index contributed by atoms with van der Waals surface area (Å²) in [6, 6.07) is 14.2. The number of benzene rings is 2. The number of hydrogen-bond donors (Lipinski definition) is 1. The van der Waals surface area contributed by atoms with Crippen LogP contribution in [0.3, 0.4) is 0 Å². The molecule has 2 aromatic carbocycles. The highest BCUT2D eigenvalue weighted by Gasteiger charge is 2.27. The lowest BCUT2D eigenvalue weighted by atomic mass is 9.97. The van der Waals surface area contributed by atoms with E-state index in [1.54, 1.807) is 18.5 Å². The minimum Gasteiger partial charge on any atom is -0.340 e. The molecule has 0 bridgehead atoms. The predicted octanol–water partition coefficient (Wildman–Crippen LogP) is 4.45. The van der Waals surface area contributed by atoms with Crippen LogP contribution >= 0.6 is 0 Å². The molecule has 0 aliphatic carbocycles. The quantitative estimate of drug-likeness (QED) is 0.715. The van der Waals surface area contributed by atoms with Crippen molar-refractivity contribution >= 4 is 17.5 Å². The Morgan fingerprint density at radius 3 is 2.59 bits per heavy atom. The van der Waals surface area contributed by atoms with Gasteiger partial charge in [0.2, 0.25) is 11.9 Å². The fraction of sp³-hybridized carbons (Fsp3) is 0.261. The van der Waals surface area contributed by atoms with Crippen molar-refractivity contribution in [2.45, 2.75) is 19.8 Å². The molecule has 1 amide bonds. The molecule has 1 atom stereocenters. The van der Waals surface area contributed by atoms with E-state index >= 15 is 0 Å². The molecule has 0 spiro atoms. The number of hydrogen-bond acceptors (Lipinski definition) is 4. The molecule has 1 aliphatic rings. The maximum atomic E-state index is 13.4. The first kappa shape index (κ1) is 19.1. The van der Waals surface area contributed by atoms with E-state index in [0.717, 1.165) is 41.8 Å². The van der Waals surface area contributed by atoms with E-state index in [9.17, 15) is 9.18 Å². The average Bonchev–Trinajstić information content (AvgIpc) is 2.75. The lowest BCUT2D eigenvalue weighted by Crippen LogP contribution is -2.41. The summed E-state index contributed by atoms with van der Waals surface area (Å²) in [7, 11) is 0. The topological polar surface area (TPSA) is 58.1 Å². The van der Waals surface area contributed by atoms with Gasteiger partial charge in [-0.15, -0.1) is 0 Å². The number of nitrogens with zero attached hydrogens (tertiary/aromatic N) is 3. The standard InChI is InChI=1S/C23H23FN4O/c1-16-7-9-21(10-8-16)27-22(29)18-5-3-11-28(15-18)23-25-13-19(14-26-23)17-4-2-6-20(24)12-17/h2,4,6-10,12-14,18H,3,5,11,15H2,1H3,(H,27,29)/t18-/m1/s1. The third-order valence-corrected chi connectivity index (χ3v) is 5.19. The Labute approximate surface area is 169 Å². The largest absolute Gasteiger partial charge is 0.340 e. The molecule has 1 aliphatic heterocycles. The molecule has 2 heterocycles. The zero-order valence-corrected chi connectivity index (χ0v) is 16.3. The third-order valence-electron chi connectivity index (χ3n) is 5.19. The predicted molar refractivity (Wildman–Crippen MR) is 112 cm³/mol. The summed E-state index contributed by atoms with van der Waals surface area (Å²) in [5, 5.41) is 3.00. The Balaban J connectivity index is 1.42. The van der Waals surface area contributed by atoms with Gasteiger partial charge in [0, 0.05) is 36.7 Å². The zero-order chi connectivity index (χ0) is 20.2. The minimum absolute atomic E-state index is 0.0231. The number of amides is 1. The van der Waals surface area contributed by atoms with Gasteiger partial charge in [-0.2, -0.15) is 0 Å². The second-order valence-electron chi connectivity index (χ2n) is 7.42. The van der Waals surface area contributed by atoms with Crippen LogP contribution in [-0.2, 0) is 4.79 Å². The van der Waals surface area contributed by atoms with Gasteiger partial charge in [-0.1, -0.05) is 29.8 Å². The van der Waals surface area contributed by atoms with Crippen LogP contribution in [0.15, 0.2) is 60.9 Å². The normalized spacial score (nSPS) is 16.5. The maximum absolute atomic E-state index is 13.4. The van der Waals surface area contributed by atoms with Gasteiger partial charge in [0.1, 0.15) is 5.82 Å². The number of carbonyl (C=O) groups excluding carboxylic acids is 1. The van der Waals surface area contributed by atoms with E-state index in [1.807, 2.05) is 42.2 Å². The number of rotatable bonds is 4. The van der Waals surface area contributed by atoms with Crippen molar-refractivity contribution in [3.8, 4) is 11.1 Å². The van der Waals surface area contributed by atoms with Crippen LogP contribution in [0.4, 0.5) is 16.0 Å². The van der Waals surface area contributed by atoms with Gasteiger partial charge in [0.05, 0.1) is 5.92 Å². The molecular weight excluding hydrogens is 367 g/mol. The minimum atomic E-state index is -0.287. The van der Waals surface area contributed by atoms with Crippen molar-refractivity contribution in [1.29, 1.82) is 0 Å². The first-order chi connectivity index (χ1) is 14.1. The van der Waals surface area contributed by atoms with E-state index in [1.165, 1.54) is 12.1 Å². The van der Waals surface area contributed by atoms with Crippen molar-refractivity contribution in [3.63, 3.8) is 0 Å². The molecule has 0 saturated carbocycles. The summed E-state index contributed by atoms with van der Waals surface area (Å²) in [4.78, 5) is 23.6. The molecule has 29 heavy (non-hydrogen) atoms. The fourth-order valence-corrected chi connectivity index (χ4v) is 3.56. The number of anilines is 2. The van der Waals surface area contributed by atoms with Crippen LogP contribution in [0.2, 0.25) is 0 Å². The molecular formula is C23H23FN4O. The summed E-state index contributed by atoms with van der Waals surface area (Å²) in [5.74, 6) is 0.217. The van der Waals surface area contributed by atoms with Crippen LogP contribution in [0, 0.1) is 18.7 Å². The van der Waals surface area contributed by atoms with Gasteiger partial charge in [-0.25, -0.2) is 14.4 Å². The van der Waals surface area contributed by atoms with Gasteiger partial charge < -0.3 is 10.2 Å². The highest BCUT2D eigenvalue weighted by Crippen LogP contribution is 2.24.